The second kappa shape index (κ2) is 10.0. The van der Waals surface area contributed by atoms with Crippen molar-refractivity contribution < 1.29 is 14.3 Å². The molecule has 168 valence electrons. The lowest BCUT2D eigenvalue weighted by molar-refractivity contribution is -0.117. The van der Waals surface area contributed by atoms with Crippen molar-refractivity contribution in [1.29, 1.82) is 0 Å². The number of hydrogen-bond acceptors (Lipinski definition) is 8. The summed E-state index contributed by atoms with van der Waals surface area (Å²) < 4.78 is 5.68. The van der Waals surface area contributed by atoms with Crippen LogP contribution in [0.5, 0.6) is 5.75 Å². The molecule has 1 aliphatic heterocycles. The summed E-state index contributed by atoms with van der Waals surface area (Å²) in [5.74, 6) is 0.540. The smallest absolute Gasteiger partial charge is 0.264 e. The zero-order chi connectivity index (χ0) is 22.7. The highest BCUT2D eigenvalue weighted by Gasteiger charge is 2.30. The van der Waals surface area contributed by atoms with E-state index in [-0.39, 0.29) is 17.7 Å². The Hall–Kier alpha value is -2.40. The molecular formula is C21H22ClN5O3S2. The molecule has 0 unspecified atom stereocenters. The predicted molar refractivity (Wildman–Crippen MR) is 130 cm³/mol. The third kappa shape index (κ3) is 6.10. The quantitative estimate of drug-likeness (QED) is 0.542. The van der Waals surface area contributed by atoms with E-state index in [1.165, 1.54) is 23.1 Å². The van der Waals surface area contributed by atoms with E-state index in [4.69, 9.17) is 16.3 Å². The molecule has 4 rings (SSSR count). The van der Waals surface area contributed by atoms with Crippen molar-refractivity contribution in [2.24, 2.45) is 10.9 Å². The number of anilines is 1. The van der Waals surface area contributed by atoms with Crippen molar-refractivity contribution >= 4 is 68.6 Å². The monoisotopic (exact) mass is 491 g/mol. The summed E-state index contributed by atoms with van der Waals surface area (Å²) in [4.78, 5) is 36.2. The molecule has 2 N–H and O–H groups in total. The summed E-state index contributed by atoms with van der Waals surface area (Å²) in [6.07, 6.45) is 5.23. The minimum absolute atomic E-state index is 0.00644. The zero-order valence-corrected chi connectivity index (χ0v) is 19.9. The van der Waals surface area contributed by atoms with Crippen LogP contribution in [0.3, 0.4) is 0 Å². The highest BCUT2D eigenvalue weighted by molar-refractivity contribution is 8.18. The first kappa shape index (κ1) is 22.8. The van der Waals surface area contributed by atoms with E-state index >= 15 is 0 Å². The molecule has 1 aliphatic carbocycles. The number of likely N-dealkylation sites (N-methyl/N-ethyl adjacent to an activating group) is 1. The van der Waals surface area contributed by atoms with Gasteiger partial charge in [-0.05, 0) is 56.9 Å². The van der Waals surface area contributed by atoms with Gasteiger partial charge in [-0.1, -0.05) is 22.9 Å². The number of aromatic nitrogens is 1. The summed E-state index contributed by atoms with van der Waals surface area (Å²) in [5, 5.41) is 6.97. The van der Waals surface area contributed by atoms with Crippen LogP contribution < -0.4 is 15.4 Å². The lowest BCUT2D eigenvalue weighted by atomic mass is 10.3. The van der Waals surface area contributed by atoms with Gasteiger partial charge in [0.15, 0.2) is 10.3 Å². The van der Waals surface area contributed by atoms with Crippen LogP contribution in [-0.4, -0.2) is 54.1 Å². The molecule has 1 saturated heterocycles. The first-order valence-electron chi connectivity index (χ1n) is 10.0. The number of nitrogens with one attached hydrogen (secondary N) is 2. The maximum absolute atomic E-state index is 12.4. The number of halogens is 1. The van der Waals surface area contributed by atoms with Crippen molar-refractivity contribution in [2.45, 2.75) is 12.8 Å². The molecule has 0 spiro atoms. The normalized spacial score (nSPS) is 18.4. The molecule has 32 heavy (non-hydrogen) atoms. The number of thiazole rings is 1. The molecule has 1 aromatic carbocycles. The highest BCUT2D eigenvalue weighted by Crippen LogP contribution is 2.34. The minimum Gasteiger partial charge on any atom is -0.492 e. The number of benzene rings is 1. The van der Waals surface area contributed by atoms with Gasteiger partial charge < -0.3 is 20.3 Å². The van der Waals surface area contributed by atoms with Crippen LogP contribution in [0.4, 0.5) is 10.8 Å². The van der Waals surface area contributed by atoms with Crippen LogP contribution in [0.25, 0.3) is 6.08 Å². The molecule has 0 bridgehead atoms. The van der Waals surface area contributed by atoms with Gasteiger partial charge in [0.05, 0.1) is 20.5 Å². The number of amidine groups is 1. The topological polar surface area (TPSA) is 95.9 Å². The summed E-state index contributed by atoms with van der Waals surface area (Å²) in [6.45, 7) is 1.36. The Bertz CT molecular complexity index is 1090. The van der Waals surface area contributed by atoms with Gasteiger partial charge in [-0.15, -0.1) is 0 Å². The van der Waals surface area contributed by atoms with Crippen molar-refractivity contribution in [3.63, 3.8) is 0 Å². The number of ether oxygens (including phenoxy) is 1. The van der Waals surface area contributed by atoms with Crippen LogP contribution in [0, 0.1) is 5.92 Å². The Kier molecular flexibility index (Phi) is 7.14. The molecule has 0 atom stereocenters. The summed E-state index contributed by atoms with van der Waals surface area (Å²) in [7, 11) is 3.96. The molecule has 2 aliphatic rings. The lowest BCUT2D eigenvalue weighted by Gasteiger charge is -2.11. The largest absolute Gasteiger partial charge is 0.492 e. The first-order valence-corrected chi connectivity index (χ1v) is 12.0. The lowest BCUT2D eigenvalue weighted by Crippen LogP contribution is -2.19. The number of amides is 2. The molecule has 2 fully saturated rings. The fraction of sp³-hybridized carbons (Fsp3) is 0.333. The Balaban J connectivity index is 1.39. The summed E-state index contributed by atoms with van der Waals surface area (Å²) in [5.41, 5.74) is 0.540. The summed E-state index contributed by atoms with van der Waals surface area (Å²) >= 11 is 8.89. The molecule has 11 heteroatoms. The number of nitrogens with zero attached hydrogens (tertiary/aromatic N) is 3. The van der Waals surface area contributed by atoms with E-state index in [0.29, 0.717) is 38.3 Å². The van der Waals surface area contributed by atoms with Crippen LogP contribution in [0.2, 0.25) is 5.02 Å². The van der Waals surface area contributed by atoms with Gasteiger partial charge in [0.25, 0.3) is 5.91 Å². The Morgan fingerprint density at radius 1 is 1.44 bits per heavy atom. The van der Waals surface area contributed by atoms with Crippen LogP contribution in [0.15, 0.2) is 34.3 Å². The Labute approximate surface area is 199 Å². The van der Waals surface area contributed by atoms with Gasteiger partial charge in [-0.25, -0.2) is 9.98 Å². The molecule has 2 heterocycles. The predicted octanol–water partition coefficient (Wildman–Crippen LogP) is 3.98. The summed E-state index contributed by atoms with van der Waals surface area (Å²) in [6, 6.07) is 5.27. The maximum Gasteiger partial charge on any atom is 0.264 e. The van der Waals surface area contributed by atoms with Gasteiger partial charge in [0.2, 0.25) is 5.91 Å². The number of thioether (sulfide) groups is 1. The standard InChI is InChI=1S/C21H22ClN5O3S2/c1-27(2)7-8-30-13-5-6-16(15(22)9-13)24-21-26-19(29)17(32-21)10-14-11-23-20(31-14)25-18(28)12-3-4-12/h5-6,9-12H,3-4,7-8H2,1-2H3,(H,23,25,28)(H,24,26,29). The second-order valence-electron chi connectivity index (χ2n) is 7.58. The van der Waals surface area contributed by atoms with Crippen LogP contribution in [-0.2, 0) is 9.59 Å². The van der Waals surface area contributed by atoms with E-state index in [2.05, 4.69) is 20.6 Å². The van der Waals surface area contributed by atoms with Gasteiger partial charge in [0, 0.05) is 24.7 Å². The average molecular weight is 492 g/mol. The van der Waals surface area contributed by atoms with Crippen molar-refractivity contribution in [1.82, 2.24) is 15.2 Å². The van der Waals surface area contributed by atoms with Crippen LogP contribution >= 0.6 is 34.7 Å². The van der Waals surface area contributed by atoms with E-state index in [9.17, 15) is 9.59 Å². The molecule has 0 radical (unpaired) electrons. The van der Waals surface area contributed by atoms with Gasteiger partial charge in [0.1, 0.15) is 12.4 Å². The maximum atomic E-state index is 12.4. The molecule has 2 amide bonds. The fourth-order valence-electron chi connectivity index (χ4n) is 2.70. The van der Waals surface area contributed by atoms with Crippen molar-refractivity contribution in [3.05, 3.63) is 39.2 Å². The SMILES string of the molecule is CN(C)CCOc1ccc(N=C2NC(=O)C(=Cc3cnc(NC(=O)C4CC4)s3)S2)c(Cl)c1. The van der Waals surface area contributed by atoms with Gasteiger partial charge in [-0.2, -0.15) is 0 Å². The zero-order valence-electron chi connectivity index (χ0n) is 17.6. The van der Waals surface area contributed by atoms with E-state index in [1.807, 2.05) is 19.0 Å². The third-order valence-electron chi connectivity index (χ3n) is 4.57. The van der Waals surface area contributed by atoms with Gasteiger partial charge >= 0.3 is 0 Å². The first-order chi connectivity index (χ1) is 15.4. The van der Waals surface area contributed by atoms with Crippen molar-refractivity contribution in [3.8, 4) is 5.75 Å². The average Bonchev–Trinajstić information content (AvgIpc) is 3.42. The highest BCUT2D eigenvalue weighted by atomic mass is 35.5. The fourth-order valence-corrected chi connectivity index (χ4v) is 4.57. The molecule has 1 saturated carbocycles. The van der Waals surface area contributed by atoms with Gasteiger partial charge in [-0.3, -0.25) is 9.59 Å². The number of rotatable bonds is 8. The number of carbonyl (C=O) groups excluding carboxylic acids is 2. The number of aliphatic imine (C=N–C) groups is 1. The van der Waals surface area contributed by atoms with Crippen LogP contribution in [0.1, 0.15) is 17.7 Å². The number of carbonyl (C=O) groups is 2. The second-order valence-corrected chi connectivity index (χ2v) is 10.1. The van der Waals surface area contributed by atoms with Crippen molar-refractivity contribution in [2.75, 3.05) is 32.6 Å². The molecule has 8 nitrogen and oxygen atoms in total. The molecular weight excluding hydrogens is 470 g/mol. The third-order valence-corrected chi connectivity index (χ3v) is 6.65. The van der Waals surface area contributed by atoms with E-state index < -0.39 is 0 Å². The van der Waals surface area contributed by atoms with E-state index in [1.54, 1.807) is 30.5 Å². The molecule has 1 aromatic heterocycles. The van der Waals surface area contributed by atoms with E-state index in [0.717, 1.165) is 24.3 Å². The minimum atomic E-state index is -0.245. The molecule has 2 aromatic rings. The Morgan fingerprint density at radius 2 is 2.25 bits per heavy atom. The number of hydrogen-bond donors (Lipinski definition) is 2. The Morgan fingerprint density at radius 3 is 2.97 bits per heavy atom.